The minimum Gasteiger partial charge on any atom is -0.411 e. The van der Waals surface area contributed by atoms with Crippen molar-refractivity contribution in [3.63, 3.8) is 0 Å². The number of oxime groups is 1. The first-order valence-corrected chi connectivity index (χ1v) is 3.44. The lowest BCUT2D eigenvalue weighted by Gasteiger charge is -1.82. The smallest absolute Gasteiger partial charge is 0.0836 e. The quantitative estimate of drug-likeness (QED) is 0.361. The van der Waals surface area contributed by atoms with Gasteiger partial charge in [-0.15, -0.1) is 11.3 Å². The van der Waals surface area contributed by atoms with Crippen LogP contribution in [0.5, 0.6) is 0 Å². The molecule has 9 heavy (non-hydrogen) atoms. The summed E-state index contributed by atoms with van der Waals surface area (Å²) in [6.45, 7) is 1.98. The van der Waals surface area contributed by atoms with E-state index < -0.39 is 0 Å². The Labute approximate surface area is 57.4 Å². The number of rotatable bonds is 1. The standard InChI is InChI=1S/C6H7NOS/c1-5-2-3-9-6(5)4-7-8/h2-4,8H,1H3. The van der Waals surface area contributed by atoms with Crippen molar-refractivity contribution in [3.8, 4) is 0 Å². The predicted molar refractivity (Wildman–Crippen MR) is 38.4 cm³/mol. The van der Waals surface area contributed by atoms with E-state index in [4.69, 9.17) is 5.21 Å². The first kappa shape index (κ1) is 6.29. The lowest BCUT2D eigenvalue weighted by molar-refractivity contribution is 0.322. The molecule has 0 aliphatic heterocycles. The van der Waals surface area contributed by atoms with Crippen molar-refractivity contribution < 1.29 is 5.21 Å². The molecule has 1 aromatic rings. The lowest BCUT2D eigenvalue weighted by Crippen LogP contribution is -1.75. The molecule has 0 saturated heterocycles. The molecule has 0 saturated carbocycles. The minimum atomic E-state index is 1.01. The van der Waals surface area contributed by atoms with Crippen LogP contribution >= 0.6 is 11.3 Å². The van der Waals surface area contributed by atoms with Crippen LogP contribution < -0.4 is 0 Å². The second kappa shape index (κ2) is 2.64. The van der Waals surface area contributed by atoms with Crippen molar-refractivity contribution >= 4 is 17.6 Å². The monoisotopic (exact) mass is 141 g/mol. The van der Waals surface area contributed by atoms with Crippen LogP contribution in [0.4, 0.5) is 0 Å². The summed E-state index contributed by atoms with van der Waals surface area (Å²) in [6, 6.07) is 1.99. The number of hydrogen-bond acceptors (Lipinski definition) is 3. The SMILES string of the molecule is Cc1ccsc1C=NO. The fraction of sp³-hybridized carbons (Fsp3) is 0.167. The van der Waals surface area contributed by atoms with E-state index in [0.717, 1.165) is 10.4 Å². The number of nitrogens with zero attached hydrogens (tertiary/aromatic N) is 1. The molecule has 0 radical (unpaired) electrons. The largest absolute Gasteiger partial charge is 0.411 e. The van der Waals surface area contributed by atoms with Crippen molar-refractivity contribution in [2.45, 2.75) is 6.92 Å². The average Bonchev–Trinajstić information content (AvgIpc) is 2.18. The normalized spacial score (nSPS) is 10.8. The van der Waals surface area contributed by atoms with Gasteiger partial charge in [-0.05, 0) is 23.9 Å². The Bertz CT molecular complexity index is 217. The van der Waals surface area contributed by atoms with Gasteiger partial charge in [0.1, 0.15) is 0 Å². The summed E-state index contributed by atoms with van der Waals surface area (Å²) in [5, 5.41) is 13.0. The molecule has 0 bridgehead atoms. The zero-order chi connectivity index (χ0) is 6.69. The van der Waals surface area contributed by atoms with Crippen molar-refractivity contribution in [1.29, 1.82) is 0 Å². The van der Waals surface area contributed by atoms with Gasteiger partial charge >= 0.3 is 0 Å². The van der Waals surface area contributed by atoms with Gasteiger partial charge in [0.05, 0.1) is 11.1 Å². The molecule has 0 spiro atoms. The minimum absolute atomic E-state index is 1.01. The van der Waals surface area contributed by atoms with Crippen LogP contribution in [0.3, 0.4) is 0 Å². The van der Waals surface area contributed by atoms with Gasteiger partial charge < -0.3 is 5.21 Å². The summed E-state index contributed by atoms with van der Waals surface area (Å²) in [6.07, 6.45) is 1.44. The second-order valence-electron chi connectivity index (χ2n) is 1.71. The molecule has 1 heterocycles. The fourth-order valence-corrected chi connectivity index (χ4v) is 1.35. The average molecular weight is 141 g/mol. The van der Waals surface area contributed by atoms with E-state index in [1.54, 1.807) is 11.3 Å². The van der Waals surface area contributed by atoms with Crippen LogP contribution in [0.2, 0.25) is 0 Å². The molecule has 0 fully saturated rings. The highest BCUT2D eigenvalue weighted by molar-refractivity contribution is 7.11. The van der Waals surface area contributed by atoms with E-state index in [2.05, 4.69) is 5.16 Å². The number of aryl methyl sites for hydroxylation is 1. The van der Waals surface area contributed by atoms with E-state index in [1.165, 1.54) is 6.21 Å². The summed E-state index contributed by atoms with van der Waals surface area (Å²) < 4.78 is 0. The predicted octanol–water partition coefficient (Wildman–Crippen LogP) is 1.86. The molecule has 3 heteroatoms. The highest BCUT2D eigenvalue weighted by atomic mass is 32.1. The van der Waals surface area contributed by atoms with E-state index in [9.17, 15) is 0 Å². The van der Waals surface area contributed by atoms with Crippen LogP contribution in [0.15, 0.2) is 16.6 Å². The Kier molecular flexibility index (Phi) is 1.85. The Morgan fingerprint density at radius 3 is 3.00 bits per heavy atom. The molecule has 0 atom stereocenters. The molecular weight excluding hydrogens is 134 g/mol. The van der Waals surface area contributed by atoms with Gasteiger partial charge in [-0.25, -0.2) is 0 Å². The molecule has 0 aliphatic rings. The van der Waals surface area contributed by atoms with Crippen LogP contribution in [-0.4, -0.2) is 11.4 Å². The Morgan fingerprint density at radius 2 is 2.56 bits per heavy atom. The molecule has 0 aliphatic carbocycles. The Hall–Kier alpha value is -0.830. The molecular formula is C6H7NOS. The second-order valence-corrected chi connectivity index (χ2v) is 2.66. The van der Waals surface area contributed by atoms with Crippen LogP contribution in [0.1, 0.15) is 10.4 Å². The molecule has 0 aromatic carbocycles. The van der Waals surface area contributed by atoms with E-state index >= 15 is 0 Å². The first-order valence-electron chi connectivity index (χ1n) is 2.56. The summed E-state index contributed by atoms with van der Waals surface area (Å²) in [5.41, 5.74) is 1.15. The summed E-state index contributed by atoms with van der Waals surface area (Å²) in [7, 11) is 0. The first-order chi connectivity index (χ1) is 4.34. The fourth-order valence-electron chi connectivity index (χ4n) is 0.569. The van der Waals surface area contributed by atoms with Gasteiger partial charge in [0, 0.05) is 0 Å². The van der Waals surface area contributed by atoms with Gasteiger partial charge in [0.15, 0.2) is 0 Å². The number of hydrogen-bond donors (Lipinski definition) is 1. The van der Waals surface area contributed by atoms with Gasteiger partial charge in [0.2, 0.25) is 0 Å². The van der Waals surface area contributed by atoms with E-state index in [1.807, 2.05) is 18.4 Å². The molecule has 2 nitrogen and oxygen atoms in total. The maximum Gasteiger partial charge on any atom is 0.0836 e. The lowest BCUT2D eigenvalue weighted by atomic mass is 10.3. The Balaban J connectivity index is 2.94. The maximum atomic E-state index is 8.14. The summed E-state index contributed by atoms with van der Waals surface area (Å²) in [5.74, 6) is 0. The van der Waals surface area contributed by atoms with Crippen molar-refractivity contribution in [2.75, 3.05) is 0 Å². The molecule has 48 valence electrons. The maximum absolute atomic E-state index is 8.14. The van der Waals surface area contributed by atoms with Gasteiger partial charge in [-0.2, -0.15) is 0 Å². The Morgan fingerprint density at radius 1 is 1.78 bits per heavy atom. The number of thiophene rings is 1. The zero-order valence-corrected chi connectivity index (χ0v) is 5.85. The third-order valence-electron chi connectivity index (χ3n) is 1.08. The topological polar surface area (TPSA) is 32.6 Å². The molecule has 1 N–H and O–H groups in total. The van der Waals surface area contributed by atoms with Crippen molar-refractivity contribution in [1.82, 2.24) is 0 Å². The third kappa shape index (κ3) is 1.29. The molecule has 0 unspecified atom stereocenters. The molecule has 0 amide bonds. The summed E-state index contributed by atoms with van der Waals surface area (Å²) in [4.78, 5) is 1.01. The van der Waals surface area contributed by atoms with Gasteiger partial charge in [0.25, 0.3) is 0 Å². The van der Waals surface area contributed by atoms with Gasteiger partial charge in [-0.3, -0.25) is 0 Å². The highest BCUT2D eigenvalue weighted by Gasteiger charge is 1.92. The summed E-state index contributed by atoms with van der Waals surface area (Å²) >= 11 is 1.56. The van der Waals surface area contributed by atoms with Gasteiger partial charge in [-0.1, -0.05) is 5.16 Å². The van der Waals surface area contributed by atoms with Crippen LogP contribution in [-0.2, 0) is 0 Å². The third-order valence-corrected chi connectivity index (χ3v) is 2.03. The van der Waals surface area contributed by atoms with Crippen molar-refractivity contribution in [3.05, 3.63) is 21.9 Å². The highest BCUT2D eigenvalue weighted by Crippen LogP contribution is 2.11. The molecule has 1 aromatic heterocycles. The van der Waals surface area contributed by atoms with Crippen molar-refractivity contribution in [2.24, 2.45) is 5.16 Å². The zero-order valence-electron chi connectivity index (χ0n) is 5.03. The van der Waals surface area contributed by atoms with Crippen LogP contribution in [0, 0.1) is 6.92 Å². The van der Waals surface area contributed by atoms with Crippen LogP contribution in [0.25, 0.3) is 0 Å². The van der Waals surface area contributed by atoms with E-state index in [0.29, 0.717) is 0 Å². The van der Waals surface area contributed by atoms with E-state index in [-0.39, 0.29) is 0 Å². The molecule has 1 rings (SSSR count).